The van der Waals surface area contributed by atoms with Crippen LogP contribution in [0.2, 0.25) is 0 Å². The average Bonchev–Trinajstić information content (AvgIpc) is 2.94. The molecule has 0 radical (unpaired) electrons. The van der Waals surface area contributed by atoms with Gasteiger partial charge in [0.2, 0.25) is 5.91 Å². The number of rotatable bonds is 3. The highest BCUT2D eigenvalue weighted by molar-refractivity contribution is 5.78. The summed E-state index contributed by atoms with van der Waals surface area (Å²) in [6.45, 7) is 2.71. The highest BCUT2D eigenvalue weighted by atomic mass is 16.5. The Kier molecular flexibility index (Phi) is 3.09. The Morgan fingerprint density at radius 2 is 2.37 bits per heavy atom. The van der Waals surface area contributed by atoms with Gasteiger partial charge in [0.1, 0.15) is 0 Å². The van der Waals surface area contributed by atoms with Gasteiger partial charge in [-0.05, 0) is 39.0 Å². The molecule has 1 aliphatic carbocycles. The molecule has 3 rings (SSSR count). The highest BCUT2D eigenvalue weighted by Crippen LogP contribution is 2.37. The molecule has 1 aliphatic heterocycles. The Hall–Kier alpha value is -1.36. The summed E-state index contributed by atoms with van der Waals surface area (Å²) in [5.74, 6) is 0.974. The monoisotopic (exact) mass is 263 g/mol. The van der Waals surface area contributed by atoms with Gasteiger partial charge in [-0.2, -0.15) is 0 Å². The molecule has 19 heavy (non-hydrogen) atoms. The largest absolute Gasteiger partial charge is 0.359 e. The molecule has 104 valence electrons. The molecule has 1 atom stereocenters. The van der Waals surface area contributed by atoms with Gasteiger partial charge in [0, 0.05) is 24.6 Å². The van der Waals surface area contributed by atoms with Crippen molar-refractivity contribution >= 4 is 5.91 Å². The Morgan fingerprint density at radius 3 is 2.95 bits per heavy atom. The van der Waals surface area contributed by atoms with E-state index >= 15 is 0 Å². The van der Waals surface area contributed by atoms with Crippen molar-refractivity contribution in [3.8, 4) is 0 Å². The average molecular weight is 263 g/mol. The molecule has 1 saturated carbocycles. The van der Waals surface area contributed by atoms with Crippen molar-refractivity contribution in [3.05, 3.63) is 17.5 Å². The molecule has 0 spiro atoms. The van der Waals surface area contributed by atoms with Crippen LogP contribution in [0.15, 0.2) is 10.6 Å². The first-order valence-electron chi connectivity index (χ1n) is 7.09. The summed E-state index contributed by atoms with van der Waals surface area (Å²) in [6.07, 6.45) is 5.54. The number of nitrogens with zero attached hydrogens (tertiary/aromatic N) is 2. The lowest BCUT2D eigenvalue weighted by Gasteiger charge is -2.39. The van der Waals surface area contributed by atoms with Crippen LogP contribution in [0.25, 0.3) is 0 Å². The fraction of sp³-hybridized carbons (Fsp3) is 0.714. The van der Waals surface area contributed by atoms with Crippen LogP contribution in [0.4, 0.5) is 0 Å². The second-order valence-corrected chi connectivity index (χ2v) is 6.01. The lowest BCUT2D eigenvalue weighted by molar-refractivity contribution is -0.134. The Bertz CT molecular complexity index is 479. The summed E-state index contributed by atoms with van der Waals surface area (Å²) < 4.78 is 5.32. The predicted octanol–water partition coefficient (Wildman–Crippen LogP) is 1.92. The number of carbonyl (C=O) groups is 1. The van der Waals surface area contributed by atoms with E-state index < -0.39 is 0 Å². The van der Waals surface area contributed by atoms with Gasteiger partial charge in [0.25, 0.3) is 0 Å². The van der Waals surface area contributed by atoms with E-state index in [-0.39, 0.29) is 17.5 Å². The quantitative estimate of drug-likeness (QED) is 0.904. The summed E-state index contributed by atoms with van der Waals surface area (Å²) in [5.41, 5.74) is 6.79. The van der Waals surface area contributed by atoms with Crippen molar-refractivity contribution in [2.24, 2.45) is 5.73 Å². The van der Waals surface area contributed by atoms with Crippen LogP contribution >= 0.6 is 0 Å². The topological polar surface area (TPSA) is 72.4 Å². The molecule has 2 N–H and O–H groups in total. The van der Waals surface area contributed by atoms with E-state index in [1.165, 1.54) is 0 Å². The molecule has 2 aliphatic rings. The number of amides is 1. The SMILES string of the molecule is Cc1cc(C2CCCN2C(=O)CC2(N)CCC2)on1. The third kappa shape index (κ3) is 2.39. The third-order valence-electron chi connectivity index (χ3n) is 4.40. The molecular weight excluding hydrogens is 242 g/mol. The van der Waals surface area contributed by atoms with Crippen LogP contribution in [0.3, 0.4) is 0 Å². The second-order valence-electron chi connectivity index (χ2n) is 6.01. The van der Waals surface area contributed by atoms with Gasteiger partial charge < -0.3 is 15.2 Å². The van der Waals surface area contributed by atoms with Crippen LogP contribution < -0.4 is 5.73 Å². The Labute approximate surface area is 113 Å². The van der Waals surface area contributed by atoms with Crippen molar-refractivity contribution in [1.82, 2.24) is 10.1 Å². The van der Waals surface area contributed by atoms with E-state index in [0.717, 1.165) is 50.1 Å². The molecule has 1 aromatic heterocycles. The van der Waals surface area contributed by atoms with Crippen molar-refractivity contribution < 1.29 is 9.32 Å². The van der Waals surface area contributed by atoms with Crippen molar-refractivity contribution in [1.29, 1.82) is 0 Å². The van der Waals surface area contributed by atoms with Crippen LogP contribution in [-0.4, -0.2) is 28.0 Å². The molecule has 2 heterocycles. The smallest absolute Gasteiger partial charge is 0.225 e. The maximum atomic E-state index is 12.4. The van der Waals surface area contributed by atoms with E-state index in [4.69, 9.17) is 10.3 Å². The van der Waals surface area contributed by atoms with E-state index in [9.17, 15) is 4.79 Å². The fourth-order valence-electron chi connectivity index (χ4n) is 3.11. The molecular formula is C14H21N3O2. The van der Waals surface area contributed by atoms with E-state index in [0.29, 0.717) is 6.42 Å². The molecule has 1 aromatic rings. The van der Waals surface area contributed by atoms with Gasteiger partial charge in [-0.15, -0.1) is 0 Å². The molecule has 1 amide bonds. The Balaban J connectivity index is 1.70. The van der Waals surface area contributed by atoms with Crippen LogP contribution in [0, 0.1) is 6.92 Å². The number of aromatic nitrogens is 1. The molecule has 5 nitrogen and oxygen atoms in total. The first-order valence-corrected chi connectivity index (χ1v) is 7.09. The molecule has 0 aromatic carbocycles. The maximum absolute atomic E-state index is 12.4. The van der Waals surface area contributed by atoms with Gasteiger partial charge in [0.15, 0.2) is 5.76 Å². The summed E-state index contributed by atoms with van der Waals surface area (Å²) in [5, 5.41) is 3.92. The predicted molar refractivity (Wildman–Crippen MR) is 70.3 cm³/mol. The zero-order valence-corrected chi connectivity index (χ0v) is 11.4. The minimum Gasteiger partial charge on any atom is -0.359 e. The normalized spacial score (nSPS) is 25.4. The zero-order chi connectivity index (χ0) is 13.5. The number of hydrogen-bond donors (Lipinski definition) is 1. The van der Waals surface area contributed by atoms with Gasteiger partial charge >= 0.3 is 0 Å². The van der Waals surface area contributed by atoms with Crippen molar-refractivity contribution in [3.63, 3.8) is 0 Å². The Morgan fingerprint density at radius 1 is 1.58 bits per heavy atom. The number of aryl methyl sites for hydroxylation is 1. The standard InChI is InChI=1S/C14H21N3O2/c1-10-8-12(19-16-10)11-4-2-7-17(11)13(18)9-14(15)5-3-6-14/h8,11H,2-7,9,15H2,1H3. The molecule has 1 unspecified atom stereocenters. The first kappa shape index (κ1) is 12.7. The van der Waals surface area contributed by atoms with Crippen molar-refractivity contribution in [2.45, 2.75) is 57.0 Å². The maximum Gasteiger partial charge on any atom is 0.225 e. The minimum absolute atomic E-state index is 0.0531. The molecule has 1 saturated heterocycles. The van der Waals surface area contributed by atoms with Crippen LogP contribution in [0.1, 0.15) is 56.0 Å². The molecule has 5 heteroatoms. The number of hydrogen-bond acceptors (Lipinski definition) is 4. The van der Waals surface area contributed by atoms with E-state index in [1.54, 1.807) is 0 Å². The van der Waals surface area contributed by atoms with Crippen LogP contribution in [-0.2, 0) is 4.79 Å². The van der Waals surface area contributed by atoms with Crippen LogP contribution in [0.5, 0.6) is 0 Å². The van der Waals surface area contributed by atoms with Gasteiger partial charge in [-0.25, -0.2) is 0 Å². The summed E-state index contributed by atoms with van der Waals surface area (Å²) in [6, 6.07) is 1.98. The third-order valence-corrected chi connectivity index (χ3v) is 4.40. The second kappa shape index (κ2) is 4.63. The first-order chi connectivity index (χ1) is 9.07. The lowest BCUT2D eigenvalue weighted by Crippen LogP contribution is -2.50. The minimum atomic E-state index is -0.248. The van der Waals surface area contributed by atoms with Gasteiger partial charge in [0.05, 0.1) is 11.7 Å². The summed E-state index contributed by atoms with van der Waals surface area (Å²) in [7, 11) is 0. The van der Waals surface area contributed by atoms with Crippen molar-refractivity contribution in [2.75, 3.05) is 6.54 Å². The molecule has 0 bridgehead atoms. The molecule has 2 fully saturated rings. The summed E-state index contributed by atoms with van der Waals surface area (Å²) >= 11 is 0. The lowest BCUT2D eigenvalue weighted by atomic mass is 9.75. The van der Waals surface area contributed by atoms with Gasteiger partial charge in [-0.1, -0.05) is 5.16 Å². The highest BCUT2D eigenvalue weighted by Gasteiger charge is 2.39. The van der Waals surface area contributed by atoms with Gasteiger partial charge in [-0.3, -0.25) is 4.79 Å². The zero-order valence-electron chi connectivity index (χ0n) is 11.4. The summed E-state index contributed by atoms with van der Waals surface area (Å²) in [4.78, 5) is 14.4. The number of nitrogens with two attached hydrogens (primary N) is 1. The van der Waals surface area contributed by atoms with E-state index in [1.807, 2.05) is 17.9 Å². The number of likely N-dealkylation sites (tertiary alicyclic amines) is 1. The number of carbonyl (C=O) groups excluding carboxylic acids is 1. The van der Waals surface area contributed by atoms with E-state index in [2.05, 4.69) is 5.16 Å². The fourth-order valence-corrected chi connectivity index (χ4v) is 3.11.